The van der Waals surface area contributed by atoms with Crippen LogP contribution in [0, 0.1) is 0 Å². The highest BCUT2D eigenvalue weighted by Gasteiger charge is 2.55. The fraction of sp³-hybridized carbons (Fsp3) is 0. The van der Waals surface area contributed by atoms with E-state index in [1.54, 1.807) is 6.07 Å². The van der Waals surface area contributed by atoms with Crippen LogP contribution in [0.5, 0.6) is 5.75 Å². The van der Waals surface area contributed by atoms with Crippen LogP contribution in [0.15, 0.2) is 30.3 Å². The van der Waals surface area contributed by atoms with Crippen LogP contribution in [-0.4, -0.2) is 9.79 Å². The van der Waals surface area contributed by atoms with Crippen molar-refractivity contribution in [3.8, 4) is 5.75 Å². The van der Waals surface area contributed by atoms with Crippen molar-refractivity contribution < 1.29 is 40.9 Å². The highest BCUT2D eigenvalue weighted by Crippen LogP contribution is 2.79. The first kappa shape index (κ1) is 13.9. The molecule has 2 atom stereocenters. The average molecular weight is 316 g/mol. The fourth-order valence-corrected chi connectivity index (χ4v) is 5.95. The molecule has 1 aliphatic rings. The van der Waals surface area contributed by atoms with Gasteiger partial charge in [-0.15, -0.1) is 0 Å². The van der Waals surface area contributed by atoms with Crippen molar-refractivity contribution in [1.82, 2.24) is 0 Å². The maximum absolute atomic E-state index is 11.8. The van der Waals surface area contributed by atoms with Crippen LogP contribution < -0.4 is 4.52 Å². The summed E-state index contributed by atoms with van der Waals surface area (Å²) in [6.07, 6.45) is 0. The van der Waals surface area contributed by atoms with E-state index in [-0.39, 0.29) is 5.75 Å². The molecule has 0 aromatic heterocycles. The van der Waals surface area contributed by atoms with Gasteiger partial charge in [-0.1, -0.05) is 18.2 Å². The third-order valence-corrected chi connectivity index (χ3v) is 6.91. The van der Waals surface area contributed by atoms with E-state index in [1.165, 1.54) is 24.3 Å². The SMILES string of the molecule is O=P1(O)OP(=O)(O)OP(=O)(Oc2ccccc2)O1. The molecule has 0 bridgehead atoms. The van der Waals surface area contributed by atoms with Gasteiger partial charge in [0.25, 0.3) is 0 Å². The molecule has 2 unspecified atom stereocenters. The molecule has 0 aliphatic carbocycles. The first-order valence-electron chi connectivity index (χ1n) is 4.34. The Hall–Kier alpha value is -0.490. The predicted molar refractivity (Wildman–Crippen MR) is 57.6 cm³/mol. The Morgan fingerprint density at radius 3 is 1.89 bits per heavy atom. The molecule has 12 heteroatoms. The first-order valence-corrected chi connectivity index (χ1v) is 8.79. The molecule has 1 fully saturated rings. The van der Waals surface area contributed by atoms with Gasteiger partial charge in [-0.25, -0.2) is 13.7 Å². The monoisotopic (exact) mass is 316 g/mol. The minimum atomic E-state index is -4.99. The normalized spacial score (nSPS) is 40.3. The molecule has 1 aliphatic heterocycles. The summed E-state index contributed by atoms with van der Waals surface area (Å²) in [6, 6.07) is 7.33. The zero-order valence-corrected chi connectivity index (χ0v) is 11.2. The van der Waals surface area contributed by atoms with Gasteiger partial charge < -0.3 is 14.3 Å². The minimum absolute atomic E-state index is 0.0391. The molecule has 9 nitrogen and oxygen atoms in total. The summed E-state index contributed by atoms with van der Waals surface area (Å²) in [5.41, 5.74) is 0. The van der Waals surface area contributed by atoms with E-state index in [9.17, 15) is 13.7 Å². The Morgan fingerprint density at radius 1 is 0.889 bits per heavy atom. The van der Waals surface area contributed by atoms with Crippen LogP contribution in [0.25, 0.3) is 0 Å². The van der Waals surface area contributed by atoms with Gasteiger partial charge in [-0.2, -0.15) is 12.9 Å². The maximum atomic E-state index is 11.8. The van der Waals surface area contributed by atoms with Gasteiger partial charge in [-0.3, -0.25) is 0 Å². The number of phosphoric acid groups is 3. The first-order chi connectivity index (χ1) is 8.20. The average Bonchev–Trinajstić information content (AvgIpc) is 2.11. The van der Waals surface area contributed by atoms with E-state index in [1.807, 2.05) is 0 Å². The van der Waals surface area contributed by atoms with Crippen molar-refractivity contribution in [3.05, 3.63) is 30.3 Å². The lowest BCUT2D eigenvalue weighted by Gasteiger charge is -2.26. The summed E-state index contributed by atoms with van der Waals surface area (Å²) in [5.74, 6) is -0.0391. The lowest BCUT2D eigenvalue weighted by atomic mass is 10.3. The molecular formula is C6H7O9P3. The summed E-state index contributed by atoms with van der Waals surface area (Å²) < 4.78 is 50.6. The quantitative estimate of drug-likeness (QED) is 0.790. The molecule has 2 rings (SSSR count). The summed E-state index contributed by atoms with van der Waals surface area (Å²) in [6.45, 7) is 0. The Kier molecular flexibility index (Phi) is 3.53. The van der Waals surface area contributed by atoms with Crippen LogP contribution in [0.1, 0.15) is 0 Å². The maximum Gasteiger partial charge on any atom is 0.548 e. The molecule has 1 saturated heterocycles. The van der Waals surface area contributed by atoms with E-state index in [0.29, 0.717) is 0 Å². The molecule has 100 valence electrons. The Morgan fingerprint density at radius 2 is 1.39 bits per heavy atom. The molecule has 1 heterocycles. The van der Waals surface area contributed by atoms with Gasteiger partial charge in [0.1, 0.15) is 5.75 Å². The molecule has 0 saturated carbocycles. The number of hydrogen-bond donors (Lipinski definition) is 2. The van der Waals surface area contributed by atoms with Crippen molar-refractivity contribution in [2.75, 3.05) is 0 Å². The zero-order valence-electron chi connectivity index (χ0n) is 8.48. The standard InChI is InChI=1S/C6H7O9P3/c7-16(8)13-17(9,10)15-18(11,14-16)12-6-4-2-1-3-5-6/h1-5H,(H,7,8)(H,9,10). The summed E-state index contributed by atoms with van der Waals surface area (Å²) in [5, 5.41) is 0. The van der Waals surface area contributed by atoms with Crippen LogP contribution in [0.4, 0.5) is 0 Å². The molecular weight excluding hydrogens is 309 g/mol. The number of benzene rings is 1. The van der Waals surface area contributed by atoms with Crippen LogP contribution in [-0.2, 0) is 26.6 Å². The fourth-order valence-electron chi connectivity index (χ4n) is 1.07. The van der Waals surface area contributed by atoms with Gasteiger partial charge in [0.2, 0.25) is 0 Å². The summed E-state index contributed by atoms with van der Waals surface area (Å²) >= 11 is 0. The van der Waals surface area contributed by atoms with Gasteiger partial charge in [0, 0.05) is 0 Å². The summed E-state index contributed by atoms with van der Waals surface area (Å²) in [7, 11) is -14.7. The highest BCUT2D eigenvalue weighted by atomic mass is 31.3. The van der Waals surface area contributed by atoms with Gasteiger partial charge in [-0.05, 0) is 12.1 Å². The zero-order chi connectivity index (χ0) is 13.4. The third kappa shape index (κ3) is 3.51. The van der Waals surface area contributed by atoms with Crippen LogP contribution >= 0.6 is 23.5 Å². The van der Waals surface area contributed by atoms with Crippen LogP contribution in [0.3, 0.4) is 0 Å². The second-order valence-corrected chi connectivity index (χ2v) is 7.94. The van der Waals surface area contributed by atoms with Crippen molar-refractivity contribution >= 4 is 23.5 Å². The second-order valence-electron chi connectivity index (χ2n) is 3.03. The Balaban J connectivity index is 2.28. The molecule has 0 amide bonds. The largest absolute Gasteiger partial charge is 0.548 e. The molecule has 0 radical (unpaired) electrons. The van der Waals surface area contributed by atoms with Crippen LogP contribution in [0.2, 0.25) is 0 Å². The van der Waals surface area contributed by atoms with E-state index < -0.39 is 23.5 Å². The number of rotatable bonds is 2. The van der Waals surface area contributed by atoms with Crippen molar-refractivity contribution in [2.45, 2.75) is 0 Å². The Labute approximate surface area is 101 Å². The smallest absolute Gasteiger partial charge is 0.403 e. The van der Waals surface area contributed by atoms with Gasteiger partial charge in [0.05, 0.1) is 0 Å². The molecule has 0 spiro atoms. The van der Waals surface area contributed by atoms with E-state index in [0.717, 1.165) is 0 Å². The molecule has 1 aromatic carbocycles. The second kappa shape index (κ2) is 4.56. The number of para-hydroxylation sites is 1. The lowest BCUT2D eigenvalue weighted by molar-refractivity contribution is 0.167. The number of hydrogen-bond acceptors (Lipinski definition) is 7. The minimum Gasteiger partial charge on any atom is -0.403 e. The lowest BCUT2D eigenvalue weighted by Crippen LogP contribution is -2.07. The van der Waals surface area contributed by atoms with E-state index >= 15 is 0 Å². The van der Waals surface area contributed by atoms with Crippen molar-refractivity contribution in [3.63, 3.8) is 0 Å². The van der Waals surface area contributed by atoms with Crippen molar-refractivity contribution in [2.24, 2.45) is 0 Å². The highest BCUT2D eigenvalue weighted by molar-refractivity contribution is 7.75. The third-order valence-electron chi connectivity index (χ3n) is 1.57. The molecule has 1 aromatic rings. The molecule has 18 heavy (non-hydrogen) atoms. The van der Waals surface area contributed by atoms with E-state index in [2.05, 4.69) is 17.5 Å². The predicted octanol–water partition coefficient (Wildman–Crippen LogP) is 2.44. The van der Waals surface area contributed by atoms with Gasteiger partial charge in [0.15, 0.2) is 0 Å². The summed E-state index contributed by atoms with van der Waals surface area (Å²) in [4.78, 5) is 17.9. The van der Waals surface area contributed by atoms with Crippen molar-refractivity contribution in [1.29, 1.82) is 0 Å². The Bertz CT molecular complexity index is 555. The topological polar surface area (TPSA) is 129 Å². The van der Waals surface area contributed by atoms with Gasteiger partial charge >= 0.3 is 23.5 Å². The van der Waals surface area contributed by atoms with E-state index in [4.69, 9.17) is 9.79 Å². The molecule has 2 N–H and O–H groups in total.